The van der Waals surface area contributed by atoms with E-state index in [0.29, 0.717) is 11.5 Å². The van der Waals surface area contributed by atoms with Crippen molar-refractivity contribution in [2.24, 2.45) is 0 Å². The number of hydrogen-bond acceptors (Lipinski definition) is 4. The van der Waals surface area contributed by atoms with Crippen molar-refractivity contribution in [2.75, 3.05) is 0 Å². The van der Waals surface area contributed by atoms with E-state index in [1.54, 1.807) is 0 Å². The van der Waals surface area contributed by atoms with E-state index in [1.807, 2.05) is 29.5 Å². The van der Waals surface area contributed by atoms with E-state index in [0.717, 1.165) is 66.4 Å². The molecule has 0 atom stereocenters. The van der Waals surface area contributed by atoms with E-state index in [9.17, 15) is 0 Å². The van der Waals surface area contributed by atoms with Crippen molar-refractivity contribution in [1.82, 2.24) is 19.1 Å². The van der Waals surface area contributed by atoms with Crippen LogP contribution in [0.2, 0.25) is 0 Å². The van der Waals surface area contributed by atoms with Crippen molar-refractivity contribution < 1.29 is 4.42 Å². The Bertz CT molecular complexity index is 4190. The van der Waals surface area contributed by atoms with Gasteiger partial charge in [0.15, 0.2) is 5.58 Å². The van der Waals surface area contributed by atoms with Gasteiger partial charge in [0.2, 0.25) is 5.95 Å². The quantitative estimate of drug-likeness (QED) is 0.174. The van der Waals surface area contributed by atoms with Crippen molar-refractivity contribution in [3.63, 3.8) is 0 Å². The van der Waals surface area contributed by atoms with E-state index in [-0.39, 0.29) is 0 Å². The largest absolute Gasteiger partial charge is 0.452 e. The van der Waals surface area contributed by atoms with E-state index in [1.165, 1.54) is 53.1 Å². The maximum atomic E-state index is 6.73. The summed E-state index contributed by atoms with van der Waals surface area (Å²) in [6.45, 7) is 0. The lowest BCUT2D eigenvalue weighted by molar-refractivity contribution is 0.666. The molecule has 0 fully saturated rings. The number of fused-ring (bicyclic) bond motifs is 12. The molecule has 9 aromatic carbocycles. The number of thiophene rings is 1. The lowest BCUT2D eigenvalue weighted by Gasteiger charge is -2.10. The van der Waals surface area contributed by atoms with Crippen LogP contribution in [0.5, 0.6) is 0 Å². The summed E-state index contributed by atoms with van der Waals surface area (Å²) in [5.41, 5.74) is 14.2. The number of hydrogen-bond donors (Lipinski definition) is 0. The Kier molecular flexibility index (Phi) is 7.49. The van der Waals surface area contributed by atoms with Crippen LogP contribution in [0.4, 0.5) is 0 Å². The Balaban J connectivity index is 0.970. The fourth-order valence-electron chi connectivity index (χ4n) is 10.0. The molecule has 0 saturated heterocycles. The maximum Gasteiger partial charge on any atom is 0.236 e. The van der Waals surface area contributed by atoms with Crippen LogP contribution >= 0.6 is 11.3 Å². The molecule has 6 heteroatoms. The lowest BCUT2D eigenvalue weighted by atomic mass is 10.0. The summed E-state index contributed by atoms with van der Waals surface area (Å²) in [6.07, 6.45) is 0. The van der Waals surface area contributed by atoms with Gasteiger partial charge in [-0.15, -0.1) is 11.3 Å². The highest BCUT2D eigenvalue weighted by atomic mass is 32.1. The maximum absolute atomic E-state index is 6.73. The highest BCUT2D eigenvalue weighted by molar-refractivity contribution is 7.26. The van der Waals surface area contributed by atoms with Crippen LogP contribution in [-0.4, -0.2) is 19.1 Å². The molecule has 0 aliphatic rings. The summed E-state index contributed by atoms with van der Waals surface area (Å²) in [4.78, 5) is 10.8. The Labute approximate surface area is 370 Å². The molecule has 64 heavy (non-hydrogen) atoms. The molecule has 0 aliphatic heterocycles. The molecular formula is C58H34N4OS. The first kappa shape index (κ1) is 35.3. The second-order valence-corrected chi connectivity index (χ2v) is 17.6. The molecule has 0 N–H and O–H groups in total. The highest BCUT2D eigenvalue weighted by Crippen LogP contribution is 2.43. The zero-order valence-electron chi connectivity index (χ0n) is 34.2. The third-order valence-corrected chi connectivity index (χ3v) is 14.2. The lowest BCUT2D eigenvalue weighted by Crippen LogP contribution is -2.02. The van der Waals surface area contributed by atoms with Crippen molar-refractivity contribution in [2.45, 2.75) is 0 Å². The van der Waals surface area contributed by atoms with Gasteiger partial charge in [-0.3, -0.25) is 4.57 Å². The van der Waals surface area contributed by atoms with Crippen LogP contribution < -0.4 is 0 Å². The fourth-order valence-corrected chi connectivity index (χ4v) is 11.3. The van der Waals surface area contributed by atoms with Gasteiger partial charge in [-0.05, 0) is 89.0 Å². The minimum absolute atomic E-state index is 0.597. The normalized spacial score (nSPS) is 12.1. The first-order valence-corrected chi connectivity index (χ1v) is 22.4. The zero-order chi connectivity index (χ0) is 41.9. The first-order chi connectivity index (χ1) is 31.7. The van der Waals surface area contributed by atoms with Gasteiger partial charge in [-0.2, -0.15) is 0 Å². The molecule has 298 valence electrons. The van der Waals surface area contributed by atoms with Crippen molar-refractivity contribution in [3.8, 4) is 45.1 Å². The minimum Gasteiger partial charge on any atom is -0.452 e. The van der Waals surface area contributed by atoms with Crippen LogP contribution in [0, 0.1) is 0 Å². The van der Waals surface area contributed by atoms with Crippen molar-refractivity contribution >= 4 is 97.2 Å². The van der Waals surface area contributed by atoms with Crippen LogP contribution in [0.15, 0.2) is 211 Å². The number of para-hydroxylation sites is 3. The number of furan rings is 1. The number of nitrogens with zero attached hydrogens (tertiary/aromatic N) is 4. The summed E-state index contributed by atoms with van der Waals surface area (Å²) in [7, 11) is 0. The van der Waals surface area contributed by atoms with E-state index in [2.05, 4.69) is 197 Å². The molecule has 14 aromatic rings. The van der Waals surface area contributed by atoms with Gasteiger partial charge in [-0.1, -0.05) is 140 Å². The fraction of sp³-hybridized carbons (Fsp3) is 0. The Hall–Kier alpha value is -8.32. The van der Waals surface area contributed by atoms with Gasteiger partial charge in [0.05, 0.1) is 22.1 Å². The molecular weight excluding hydrogens is 801 g/mol. The summed E-state index contributed by atoms with van der Waals surface area (Å²) in [6, 6.07) is 73.7. The third kappa shape index (κ3) is 5.17. The summed E-state index contributed by atoms with van der Waals surface area (Å²) >= 11 is 1.84. The average Bonchev–Trinajstić information content (AvgIpc) is 4.11. The van der Waals surface area contributed by atoms with Crippen molar-refractivity contribution in [3.05, 3.63) is 206 Å². The van der Waals surface area contributed by atoms with Crippen molar-refractivity contribution in [1.29, 1.82) is 0 Å². The van der Waals surface area contributed by atoms with Gasteiger partial charge in [-0.25, -0.2) is 9.97 Å². The Morgan fingerprint density at radius 1 is 0.391 bits per heavy atom. The predicted molar refractivity (Wildman–Crippen MR) is 267 cm³/mol. The molecule has 5 heterocycles. The molecule has 0 spiro atoms. The molecule has 0 bridgehead atoms. The van der Waals surface area contributed by atoms with Gasteiger partial charge in [0, 0.05) is 58.4 Å². The molecule has 14 rings (SSSR count). The topological polar surface area (TPSA) is 48.8 Å². The average molecular weight is 835 g/mol. The van der Waals surface area contributed by atoms with E-state index >= 15 is 0 Å². The predicted octanol–water partition coefficient (Wildman–Crippen LogP) is 15.9. The molecule has 0 saturated carbocycles. The molecule has 5 nitrogen and oxygen atoms in total. The summed E-state index contributed by atoms with van der Waals surface area (Å²) < 4.78 is 13.9. The minimum atomic E-state index is 0.597. The second-order valence-electron chi connectivity index (χ2n) is 16.5. The first-order valence-electron chi connectivity index (χ1n) is 21.6. The highest BCUT2D eigenvalue weighted by Gasteiger charge is 2.23. The molecule has 0 amide bonds. The van der Waals surface area contributed by atoms with Crippen LogP contribution in [0.25, 0.3) is 131 Å². The van der Waals surface area contributed by atoms with Gasteiger partial charge >= 0.3 is 0 Å². The second kappa shape index (κ2) is 13.6. The van der Waals surface area contributed by atoms with Gasteiger partial charge in [0.25, 0.3) is 0 Å². The Morgan fingerprint density at radius 3 is 1.72 bits per heavy atom. The SMILES string of the molecule is c1ccc(-c2nc(-n3c4ccccc4c4cc(-c5ccc6c(c5)c5ccccc5n6-c5ccccc5)ccc43)nc3c2oc2ccc(-c4cccc5c4sc4ccccc45)cc23)cc1. The van der Waals surface area contributed by atoms with Crippen LogP contribution in [0.3, 0.4) is 0 Å². The monoisotopic (exact) mass is 834 g/mol. The van der Waals surface area contributed by atoms with E-state index in [4.69, 9.17) is 14.4 Å². The Morgan fingerprint density at radius 2 is 0.969 bits per heavy atom. The summed E-state index contributed by atoms with van der Waals surface area (Å²) in [5.74, 6) is 0.597. The molecule has 0 aliphatic carbocycles. The third-order valence-electron chi connectivity index (χ3n) is 13.0. The van der Waals surface area contributed by atoms with Gasteiger partial charge in [0.1, 0.15) is 16.8 Å². The molecule has 0 radical (unpaired) electrons. The molecule has 0 unspecified atom stereocenters. The standard InChI is InChI=1S/C58H34N4OS/c1-3-14-35(15-4-1)54-56-55(47-34-38(28-31-52(47)63-56)40-21-13-22-44-43-20-9-12-25-53(43)64-57(40)44)60-58(59-54)62-49-24-11-8-19-42(49)46-33-37(27-30-51(46)62)36-26-29-50-45(32-36)41-18-7-10-23-48(41)61(50)39-16-5-2-6-17-39/h1-34H. The zero-order valence-corrected chi connectivity index (χ0v) is 35.1. The van der Waals surface area contributed by atoms with E-state index < -0.39 is 0 Å². The number of benzene rings is 9. The smallest absolute Gasteiger partial charge is 0.236 e. The summed E-state index contributed by atoms with van der Waals surface area (Å²) in [5, 5.41) is 8.26. The van der Waals surface area contributed by atoms with Gasteiger partial charge < -0.3 is 8.98 Å². The molecule has 5 aromatic heterocycles. The van der Waals surface area contributed by atoms with Crippen LogP contribution in [0.1, 0.15) is 0 Å². The van der Waals surface area contributed by atoms with Crippen LogP contribution in [-0.2, 0) is 0 Å². The number of rotatable bonds is 5. The number of aromatic nitrogens is 4.